The van der Waals surface area contributed by atoms with Crippen molar-refractivity contribution in [3.8, 4) is 0 Å². The lowest BCUT2D eigenvalue weighted by Gasteiger charge is -2.11. The number of aliphatic hydroxyl groups is 1. The fourth-order valence-electron chi connectivity index (χ4n) is 1.68. The molecule has 4 heteroatoms. The Morgan fingerprint density at radius 2 is 2.31 bits per heavy atom. The molecule has 0 atom stereocenters. The summed E-state index contributed by atoms with van der Waals surface area (Å²) in [5.41, 5.74) is 6.02. The molecule has 84 valence electrons. The lowest BCUT2D eigenvalue weighted by molar-refractivity contribution is 0.331. The Bertz CT molecular complexity index is 465. The number of aliphatic hydroxyl groups excluding tert-OH is 1. The van der Waals surface area contributed by atoms with Crippen LogP contribution in [-0.4, -0.2) is 29.7 Å². The van der Waals surface area contributed by atoms with Gasteiger partial charge in [0.25, 0.3) is 0 Å². The van der Waals surface area contributed by atoms with Gasteiger partial charge in [-0.1, -0.05) is 18.7 Å². The first-order valence-electron chi connectivity index (χ1n) is 5.09. The molecule has 0 radical (unpaired) electrons. The third-order valence-electron chi connectivity index (χ3n) is 2.55. The predicted molar refractivity (Wildman–Crippen MR) is 65.1 cm³/mol. The number of benzene rings is 1. The molecular formula is C12H15N3O. The van der Waals surface area contributed by atoms with E-state index < -0.39 is 0 Å². The van der Waals surface area contributed by atoms with Gasteiger partial charge in [-0.05, 0) is 18.6 Å². The first-order valence-corrected chi connectivity index (χ1v) is 5.09. The van der Waals surface area contributed by atoms with Crippen LogP contribution in [0.1, 0.15) is 16.7 Å². The fourth-order valence-corrected chi connectivity index (χ4v) is 1.68. The zero-order valence-electron chi connectivity index (χ0n) is 9.49. The Hall–Kier alpha value is -1.81. The summed E-state index contributed by atoms with van der Waals surface area (Å²) in [6.07, 6.45) is 0. The van der Waals surface area contributed by atoms with Crippen LogP contribution in [-0.2, 0) is 0 Å². The van der Waals surface area contributed by atoms with Crippen LogP contribution < -0.4 is 5.43 Å². The fraction of sp³-hybridized carbons (Fsp3) is 0.250. The summed E-state index contributed by atoms with van der Waals surface area (Å²) in [7, 11) is 1.94. The van der Waals surface area contributed by atoms with Gasteiger partial charge in [-0.2, -0.15) is 0 Å². The van der Waals surface area contributed by atoms with Crippen molar-refractivity contribution >= 4 is 11.6 Å². The molecule has 1 aromatic carbocycles. The van der Waals surface area contributed by atoms with Gasteiger partial charge in [-0.3, -0.25) is 0 Å². The number of nitrogens with zero attached hydrogens (tertiary/aromatic N) is 2. The highest BCUT2D eigenvalue weighted by molar-refractivity contribution is 6.00. The molecule has 1 aliphatic rings. The second-order valence-electron chi connectivity index (χ2n) is 3.93. The van der Waals surface area contributed by atoms with Crippen LogP contribution >= 0.6 is 0 Å². The maximum Gasteiger partial charge on any atom is 0.144 e. The van der Waals surface area contributed by atoms with E-state index in [0.29, 0.717) is 6.67 Å². The first kappa shape index (κ1) is 10.7. The van der Waals surface area contributed by atoms with Gasteiger partial charge < -0.3 is 10.5 Å². The Balaban J connectivity index is 2.33. The molecule has 1 heterocycles. The second-order valence-corrected chi connectivity index (χ2v) is 3.93. The van der Waals surface area contributed by atoms with Gasteiger partial charge in [0.15, 0.2) is 0 Å². The number of rotatable bonds is 2. The summed E-state index contributed by atoms with van der Waals surface area (Å²) in [6.45, 7) is 6.15. The van der Waals surface area contributed by atoms with Crippen LogP contribution in [0.25, 0.3) is 5.76 Å². The van der Waals surface area contributed by atoms with E-state index in [2.05, 4.69) is 17.0 Å². The molecule has 16 heavy (non-hydrogen) atoms. The van der Waals surface area contributed by atoms with Crippen molar-refractivity contribution in [2.24, 2.45) is 4.99 Å². The van der Waals surface area contributed by atoms with E-state index in [1.54, 1.807) is 0 Å². The third kappa shape index (κ3) is 1.92. The van der Waals surface area contributed by atoms with E-state index in [1.807, 2.05) is 37.2 Å². The third-order valence-corrected chi connectivity index (χ3v) is 2.55. The number of aryl methyl sites for hydroxylation is 1. The molecule has 0 aliphatic carbocycles. The molecule has 2 rings (SSSR count). The zero-order chi connectivity index (χ0) is 11.7. The maximum absolute atomic E-state index is 9.30. The summed E-state index contributed by atoms with van der Waals surface area (Å²) in [6, 6.07) is 5.68. The van der Waals surface area contributed by atoms with Gasteiger partial charge in [0.1, 0.15) is 18.3 Å². The molecule has 1 aliphatic heterocycles. The lowest BCUT2D eigenvalue weighted by atomic mass is 10.0. The van der Waals surface area contributed by atoms with Crippen LogP contribution in [0.3, 0.4) is 0 Å². The summed E-state index contributed by atoms with van der Waals surface area (Å²) in [5, 5.41) is 11.2. The maximum atomic E-state index is 9.30. The van der Waals surface area contributed by atoms with Gasteiger partial charge in [0.2, 0.25) is 0 Å². The highest BCUT2D eigenvalue weighted by atomic mass is 16.3. The summed E-state index contributed by atoms with van der Waals surface area (Å²) < 4.78 is 0. The van der Waals surface area contributed by atoms with E-state index in [9.17, 15) is 5.11 Å². The minimum absolute atomic E-state index is 0.0908. The minimum Gasteiger partial charge on any atom is -0.508 e. The summed E-state index contributed by atoms with van der Waals surface area (Å²) in [4.78, 5) is 4.37. The monoisotopic (exact) mass is 217 g/mol. The highest BCUT2D eigenvalue weighted by Gasteiger charge is 2.14. The van der Waals surface area contributed by atoms with Crippen molar-refractivity contribution in [3.05, 3.63) is 41.5 Å². The van der Waals surface area contributed by atoms with Crippen LogP contribution in [0.4, 0.5) is 0 Å². The van der Waals surface area contributed by atoms with Crippen molar-refractivity contribution in [3.63, 3.8) is 0 Å². The smallest absolute Gasteiger partial charge is 0.144 e. The van der Waals surface area contributed by atoms with Gasteiger partial charge in [0.05, 0.1) is 0 Å². The molecule has 0 aromatic heterocycles. The van der Waals surface area contributed by atoms with E-state index >= 15 is 0 Å². The molecule has 0 saturated heterocycles. The molecule has 0 unspecified atom stereocenters. The molecule has 0 fully saturated rings. The quantitative estimate of drug-likeness (QED) is 0.741. The van der Waals surface area contributed by atoms with E-state index in [4.69, 9.17) is 0 Å². The van der Waals surface area contributed by atoms with Crippen molar-refractivity contribution in [1.82, 2.24) is 10.4 Å². The lowest BCUT2D eigenvalue weighted by Crippen LogP contribution is -2.33. The van der Waals surface area contributed by atoms with Gasteiger partial charge in [-0.25, -0.2) is 10.0 Å². The normalized spacial score (nSPS) is 15.8. The molecule has 0 amide bonds. The van der Waals surface area contributed by atoms with E-state index in [1.165, 1.54) is 0 Å². The Labute approximate surface area is 94.9 Å². The van der Waals surface area contributed by atoms with E-state index in [-0.39, 0.29) is 5.76 Å². The summed E-state index contributed by atoms with van der Waals surface area (Å²) >= 11 is 0. The number of nitrogens with one attached hydrogen (secondary N) is 1. The van der Waals surface area contributed by atoms with Crippen molar-refractivity contribution in [2.45, 2.75) is 6.92 Å². The van der Waals surface area contributed by atoms with Crippen molar-refractivity contribution in [1.29, 1.82) is 0 Å². The number of hydrogen-bond donors (Lipinski definition) is 2. The number of amidine groups is 1. The predicted octanol–water partition coefficient (Wildman–Crippen LogP) is 1.68. The summed E-state index contributed by atoms with van der Waals surface area (Å²) in [5.74, 6) is 0.961. The van der Waals surface area contributed by atoms with E-state index in [0.717, 1.165) is 22.5 Å². The largest absolute Gasteiger partial charge is 0.508 e. The molecule has 0 saturated carbocycles. The van der Waals surface area contributed by atoms with Crippen LogP contribution in [0.2, 0.25) is 0 Å². The van der Waals surface area contributed by atoms with Crippen LogP contribution in [0.5, 0.6) is 0 Å². The molecule has 4 nitrogen and oxygen atoms in total. The van der Waals surface area contributed by atoms with Crippen LogP contribution in [0, 0.1) is 6.92 Å². The molecule has 2 N–H and O–H groups in total. The molecule has 0 spiro atoms. The zero-order valence-corrected chi connectivity index (χ0v) is 9.49. The minimum atomic E-state index is 0.0908. The molecule has 0 bridgehead atoms. The van der Waals surface area contributed by atoms with Gasteiger partial charge in [-0.15, -0.1) is 0 Å². The van der Waals surface area contributed by atoms with Crippen LogP contribution in [0.15, 0.2) is 29.8 Å². The standard InChI is InChI=1S/C12H15N3O/c1-8-6-10(9(2)16)4-5-11(8)12-13-7-15(3)14-12/h4-6,16H,2,7H2,1,3H3,(H,13,14). The number of hydrogen-bond acceptors (Lipinski definition) is 4. The van der Waals surface area contributed by atoms with Gasteiger partial charge in [0, 0.05) is 18.2 Å². The second kappa shape index (κ2) is 3.98. The van der Waals surface area contributed by atoms with Crippen molar-refractivity contribution in [2.75, 3.05) is 13.7 Å². The highest BCUT2D eigenvalue weighted by Crippen LogP contribution is 2.16. The average molecular weight is 217 g/mol. The van der Waals surface area contributed by atoms with Crippen molar-refractivity contribution < 1.29 is 5.11 Å². The SMILES string of the molecule is C=C(O)c1ccc(C2=NCN(C)N2)c(C)c1. The first-order chi connectivity index (χ1) is 7.58. The molecular weight excluding hydrogens is 202 g/mol. The Morgan fingerprint density at radius 1 is 1.56 bits per heavy atom. The van der Waals surface area contributed by atoms with Gasteiger partial charge >= 0.3 is 0 Å². The number of hydrazine groups is 1. The topological polar surface area (TPSA) is 47.9 Å². The number of aliphatic imine (C=N–C) groups is 1. The molecule has 1 aromatic rings. The Kier molecular flexibility index (Phi) is 2.66. The average Bonchev–Trinajstić information content (AvgIpc) is 2.64. The Morgan fingerprint density at radius 3 is 2.81 bits per heavy atom.